The van der Waals surface area contributed by atoms with Crippen molar-refractivity contribution >= 4 is 11.7 Å². The van der Waals surface area contributed by atoms with E-state index in [2.05, 4.69) is 17.0 Å². The van der Waals surface area contributed by atoms with E-state index in [0.29, 0.717) is 11.6 Å². The lowest BCUT2D eigenvalue weighted by molar-refractivity contribution is 0.0601. The maximum atomic E-state index is 11.3. The summed E-state index contributed by atoms with van der Waals surface area (Å²) in [4.78, 5) is 11.3. The molecule has 1 saturated carbocycles. The zero-order chi connectivity index (χ0) is 12.3. The summed E-state index contributed by atoms with van der Waals surface area (Å²) in [5.41, 5.74) is 1.68. The fourth-order valence-corrected chi connectivity index (χ4v) is 2.39. The lowest BCUT2D eigenvalue weighted by atomic mass is 10.1. The molecule has 1 aromatic carbocycles. The van der Waals surface area contributed by atoms with Gasteiger partial charge in [-0.05, 0) is 49.4 Å². The number of ether oxygens (including phenoxy) is 1. The quantitative estimate of drug-likeness (QED) is 0.815. The lowest BCUT2D eigenvalue weighted by Gasteiger charge is -2.14. The van der Waals surface area contributed by atoms with Gasteiger partial charge in [0.05, 0.1) is 12.7 Å². The van der Waals surface area contributed by atoms with Crippen molar-refractivity contribution in [2.45, 2.75) is 32.2 Å². The first-order valence-corrected chi connectivity index (χ1v) is 6.14. The number of hydrogen-bond donors (Lipinski definition) is 1. The lowest BCUT2D eigenvalue weighted by Crippen LogP contribution is -2.15. The van der Waals surface area contributed by atoms with Crippen molar-refractivity contribution in [1.29, 1.82) is 0 Å². The first kappa shape index (κ1) is 12.0. The molecule has 0 bridgehead atoms. The molecule has 2 unspecified atom stereocenters. The maximum Gasteiger partial charge on any atom is 0.337 e. The Morgan fingerprint density at radius 2 is 2.00 bits per heavy atom. The van der Waals surface area contributed by atoms with E-state index in [1.807, 2.05) is 12.1 Å². The third-order valence-electron chi connectivity index (χ3n) is 3.37. The molecule has 2 rings (SSSR count). The molecule has 1 aliphatic rings. The number of nitrogens with one attached hydrogen (secondary N) is 1. The Kier molecular flexibility index (Phi) is 3.67. The van der Waals surface area contributed by atoms with Crippen molar-refractivity contribution in [2.24, 2.45) is 5.92 Å². The summed E-state index contributed by atoms with van der Waals surface area (Å²) in [5, 5.41) is 3.50. The standard InChI is InChI=1S/C14H19NO2/c1-10-3-6-13(9-10)15-12-7-4-11(5-8-12)14(16)17-2/h4-5,7-8,10,13,15H,3,6,9H2,1-2H3. The third-order valence-corrected chi connectivity index (χ3v) is 3.37. The van der Waals surface area contributed by atoms with Crippen molar-refractivity contribution in [3.8, 4) is 0 Å². The van der Waals surface area contributed by atoms with Gasteiger partial charge < -0.3 is 10.1 Å². The molecule has 0 aliphatic heterocycles. The van der Waals surface area contributed by atoms with E-state index in [0.717, 1.165) is 11.6 Å². The van der Waals surface area contributed by atoms with Crippen LogP contribution in [0.1, 0.15) is 36.5 Å². The molecule has 1 N–H and O–H groups in total. The topological polar surface area (TPSA) is 38.3 Å². The van der Waals surface area contributed by atoms with Crippen molar-refractivity contribution < 1.29 is 9.53 Å². The van der Waals surface area contributed by atoms with Gasteiger partial charge >= 0.3 is 5.97 Å². The second-order valence-electron chi connectivity index (χ2n) is 4.83. The van der Waals surface area contributed by atoms with Crippen LogP contribution in [0.15, 0.2) is 24.3 Å². The van der Waals surface area contributed by atoms with Crippen LogP contribution in [0, 0.1) is 5.92 Å². The smallest absolute Gasteiger partial charge is 0.337 e. The van der Waals surface area contributed by atoms with Crippen molar-refractivity contribution in [3.63, 3.8) is 0 Å². The Balaban J connectivity index is 1.96. The van der Waals surface area contributed by atoms with Gasteiger partial charge in [-0.2, -0.15) is 0 Å². The highest BCUT2D eigenvalue weighted by Gasteiger charge is 2.20. The van der Waals surface area contributed by atoms with Crippen molar-refractivity contribution in [3.05, 3.63) is 29.8 Å². The van der Waals surface area contributed by atoms with E-state index in [-0.39, 0.29) is 5.97 Å². The number of rotatable bonds is 3. The normalized spacial score (nSPS) is 23.4. The SMILES string of the molecule is COC(=O)c1ccc(NC2CCC(C)C2)cc1. The number of carbonyl (C=O) groups excluding carboxylic acids is 1. The highest BCUT2D eigenvalue weighted by atomic mass is 16.5. The first-order chi connectivity index (χ1) is 8.19. The number of benzene rings is 1. The number of anilines is 1. The van der Waals surface area contributed by atoms with E-state index in [9.17, 15) is 4.79 Å². The van der Waals surface area contributed by atoms with E-state index in [1.165, 1.54) is 26.4 Å². The van der Waals surface area contributed by atoms with Gasteiger partial charge in [-0.3, -0.25) is 0 Å². The summed E-state index contributed by atoms with van der Waals surface area (Å²) in [6.07, 6.45) is 3.77. The molecule has 0 spiro atoms. The average molecular weight is 233 g/mol. The van der Waals surface area contributed by atoms with E-state index >= 15 is 0 Å². The molecule has 0 saturated heterocycles. The van der Waals surface area contributed by atoms with Crippen molar-refractivity contribution in [2.75, 3.05) is 12.4 Å². The van der Waals surface area contributed by atoms with Gasteiger partial charge in [0.1, 0.15) is 0 Å². The Morgan fingerprint density at radius 1 is 1.29 bits per heavy atom. The molecule has 0 heterocycles. The van der Waals surface area contributed by atoms with Crippen LogP contribution in [0.4, 0.5) is 5.69 Å². The minimum Gasteiger partial charge on any atom is -0.465 e. The summed E-state index contributed by atoms with van der Waals surface area (Å²) in [5.74, 6) is 0.535. The molecule has 17 heavy (non-hydrogen) atoms. The van der Waals surface area contributed by atoms with Crippen LogP contribution in [-0.2, 0) is 4.74 Å². The molecule has 0 radical (unpaired) electrons. The van der Waals surface area contributed by atoms with E-state index < -0.39 is 0 Å². The molecule has 0 amide bonds. The third kappa shape index (κ3) is 2.99. The van der Waals surface area contributed by atoms with Crippen LogP contribution >= 0.6 is 0 Å². The van der Waals surface area contributed by atoms with Crippen LogP contribution in [0.25, 0.3) is 0 Å². The second-order valence-corrected chi connectivity index (χ2v) is 4.83. The Bertz CT molecular complexity index is 386. The monoisotopic (exact) mass is 233 g/mol. The molecule has 3 nitrogen and oxygen atoms in total. The van der Waals surface area contributed by atoms with Crippen LogP contribution < -0.4 is 5.32 Å². The van der Waals surface area contributed by atoms with E-state index in [4.69, 9.17) is 0 Å². The Labute approximate surface area is 102 Å². The van der Waals surface area contributed by atoms with Crippen LogP contribution in [-0.4, -0.2) is 19.1 Å². The summed E-state index contributed by atoms with van der Waals surface area (Å²) >= 11 is 0. The minimum atomic E-state index is -0.286. The number of esters is 1. The zero-order valence-corrected chi connectivity index (χ0v) is 10.4. The molecule has 2 atom stereocenters. The first-order valence-electron chi connectivity index (χ1n) is 6.14. The van der Waals surface area contributed by atoms with Gasteiger partial charge in [-0.1, -0.05) is 6.92 Å². The Hall–Kier alpha value is -1.51. The average Bonchev–Trinajstić information content (AvgIpc) is 2.75. The highest BCUT2D eigenvalue weighted by molar-refractivity contribution is 5.89. The van der Waals surface area contributed by atoms with Crippen molar-refractivity contribution in [1.82, 2.24) is 0 Å². The molecule has 1 aliphatic carbocycles. The molecule has 0 aromatic heterocycles. The second kappa shape index (κ2) is 5.21. The minimum absolute atomic E-state index is 0.286. The number of carbonyl (C=O) groups is 1. The highest BCUT2D eigenvalue weighted by Crippen LogP contribution is 2.27. The molecular formula is C14H19NO2. The predicted octanol–water partition coefficient (Wildman–Crippen LogP) is 3.07. The van der Waals surface area contributed by atoms with Gasteiger partial charge in [-0.25, -0.2) is 4.79 Å². The predicted molar refractivity (Wildman–Crippen MR) is 68.2 cm³/mol. The summed E-state index contributed by atoms with van der Waals surface area (Å²) in [6, 6.07) is 8.05. The van der Waals surface area contributed by atoms with Crippen LogP contribution in [0.3, 0.4) is 0 Å². The van der Waals surface area contributed by atoms with Gasteiger partial charge in [0, 0.05) is 11.7 Å². The molecular weight excluding hydrogens is 214 g/mol. The van der Waals surface area contributed by atoms with Crippen LogP contribution in [0.2, 0.25) is 0 Å². The molecule has 1 aromatic rings. The van der Waals surface area contributed by atoms with Gasteiger partial charge in [0.15, 0.2) is 0 Å². The summed E-state index contributed by atoms with van der Waals surface area (Å²) in [7, 11) is 1.40. The fraction of sp³-hybridized carbons (Fsp3) is 0.500. The summed E-state index contributed by atoms with van der Waals surface area (Å²) < 4.78 is 4.66. The molecule has 1 fully saturated rings. The molecule has 92 valence electrons. The van der Waals surface area contributed by atoms with Gasteiger partial charge in [0.2, 0.25) is 0 Å². The number of methoxy groups -OCH3 is 1. The van der Waals surface area contributed by atoms with Crippen LogP contribution in [0.5, 0.6) is 0 Å². The van der Waals surface area contributed by atoms with E-state index in [1.54, 1.807) is 12.1 Å². The Morgan fingerprint density at radius 3 is 2.53 bits per heavy atom. The number of hydrogen-bond acceptors (Lipinski definition) is 3. The summed E-state index contributed by atoms with van der Waals surface area (Å²) in [6.45, 7) is 2.29. The zero-order valence-electron chi connectivity index (χ0n) is 10.4. The fourth-order valence-electron chi connectivity index (χ4n) is 2.39. The van der Waals surface area contributed by atoms with Gasteiger partial charge in [-0.15, -0.1) is 0 Å². The largest absolute Gasteiger partial charge is 0.465 e. The molecule has 3 heteroatoms. The maximum absolute atomic E-state index is 11.3. The van der Waals surface area contributed by atoms with Gasteiger partial charge in [0.25, 0.3) is 0 Å².